The quantitative estimate of drug-likeness (QED) is 0.483. The molecule has 3 aliphatic rings. The SMILES string of the molecule is COc1ccc(C(=NC2CCCC2)N2CCCc3cc(C4=NNC(=O)SC4)ccc32)cc1OC. The number of thioether (sulfide) groups is 1. The van der Waals surface area contributed by atoms with Gasteiger partial charge in [0, 0.05) is 23.5 Å². The minimum absolute atomic E-state index is 0.101. The summed E-state index contributed by atoms with van der Waals surface area (Å²) in [5.41, 5.74) is 8.06. The van der Waals surface area contributed by atoms with Crippen molar-refractivity contribution in [2.24, 2.45) is 10.1 Å². The van der Waals surface area contributed by atoms with Crippen molar-refractivity contribution in [1.82, 2.24) is 5.43 Å². The average Bonchev–Trinajstić information content (AvgIpc) is 3.40. The van der Waals surface area contributed by atoms with Gasteiger partial charge in [-0.15, -0.1) is 0 Å². The molecule has 0 saturated heterocycles. The Morgan fingerprint density at radius 2 is 1.91 bits per heavy atom. The highest BCUT2D eigenvalue weighted by molar-refractivity contribution is 8.14. The van der Waals surface area contributed by atoms with Crippen LogP contribution in [0.3, 0.4) is 0 Å². The predicted molar refractivity (Wildman–Crippen MR) is 138 cm³/mol. The van der Waals surface area contributed by atoms with E-state index in [4.69, 9.17) is 14.5 Å². The van der Waals surface area contributed by atoms with Gasteiger partial charge in [0.2, 0.25) is 0 Å². The van der Waals surface area contributed by atoms with Crippen molar-refractivity contribution in [2.45, 2.75) is 44.6 Å². The maximum absolute atomic E-state index is 11.5. The van der Waals surface area contributed by atoms with E-state index in [0.29, 0.717) is 23.3 Å². The first kappa shape index (κ1) is 22.8. The summed E-state index contributed by atoms with van der Waals surface area (Å²) in [7, 11) is 3.33. The van der Waals surface area contributed by atoms with Crippen molar-refractivity contribution in [3.05, 3.63) is 53.1 Å². The van der Waals surface area contributed by atoms with Crippen LogP contribution < -0.4 is 19.8 Å². The Balaban J connectivity index is 1.53. The molecule has 1 aliphatic carbocycles. The molecule has 0 spiro atoms. The average molecular weight is 479 g/mol. The van der Waals surface area contributed by atoms with E-state index >= 15 is 0 Å². The molecular formula is C26H30N4O3S. The summed E-state index contributed by atoms with van der Waals surface area (Å²) in [5.74, 6) is 3.02. The number of nitrogens with zero attached hydrogens (tertiary/aromatic N) is 3. The fourth-order valence-corrected chi connectivity index (χ4v) is 5.55. The molecule has 8 heteroatoms. The second-order valence-electron chi connectivity index (χ2n) is 8.81. The summed E-state index contributed by atoms with van der Waals surface area (Å²) in [4.78, 5) is 19.1. The van der Waals surface area contributed by atoms with Crippen molar-refractivity contribution < 1.29 is 14.3 Å². The van der Waals surface area contributed by atoms with Gasteiger partial charge in [-0.1, -0.05) is 30.7 Å². The first-order chi connectivity index (χ1) is 16.7. The van der Waals surface area contributed by atoms with Crippen LogP contribution in [0.25, 0.3) is 0 Å². The molecule has 2 aromatic carbocycles. The highest BCUT2D eigenvalue weighted by atomic mass is 32.2. The number of anilines is 1. The van der Waals surface area contributed by atoms with E-state index in [1.54, 1.807) is 14.2 Å². The Morgan fingerprint density at radius 1 is 1.09 bits per heavy atom. The fraction of sp³-hybridized carbons (Fsp3) is 0.423. The van der Waals surface area contributed by atoms with Gasteiger partial charge >= 0.3 is 0 Å². The third kappa shape index (κ3) is 4.64. The number of hydrazone groups is 1. The summed E-state index contributed by atoms with van der Waals surface area (Å²) in [6.45, 7) is 0.916. The number of hydrogen-bond acceptors (Lipinski definition) is 6. The van der Waals surface area contributed by atoms with Gasteiger partial charge in [-0.2, -0.15) is 5.10 Å². The molecule has 7 nitrogen and oxygen atoms in total. The van der Waals surface area contributed by atoms with Gasteiger partial charge in [0.15, 0.2) is 11.5 Å². The molecule has 0 radical (unpaired) electrons. The second-order valence-corrected chi connectivity index (χ2v) is 9.75. The number of benzene rings is 2. The Hall–Kier alpha value is -3.00. The lowest BCUT2D eigenvalue weighted by Crippen LogP contribution is -2.37. The lowest BCUT2D eigenvalue weighted by atomic mass is 9.96. The van der Waals surface area contributed by atoms with E-state index in [9.17, 15) is 4.79 Å². The topological polar surface area (TPSA) is 75.5 Å². The second kappa shape index (κ2) is 10.1. The van der Waals surface area contributed by atoms with Gasteiger partial charge in [-0.3, -0.25) is 9.79 Å². The Morgan fingerprint density at radius 3 is 2.65 bits per heavy atom. The number of amidine groups is 1. The number of amides is 1. The number of carbonyl (C=O) groups excluding carboxylic acids is 1. The first-order valence-corrected chi connectivity index (χ1v) is 12.8. The number of aryl methyl sites for hydroxylation is 1. The summed E-state index contributed by atoms with van der Waals surface area (Å²) in [6.07, 6.45) is 6.81. The monoisotopic (exact) mass is 478 g/mol. The van der Waals surface area contributed by atoms with Gasteiger partial charge in [0.1, 0.15) is 5.84 Å². The molecule has 1 N–H and O–H groups in total. The third-order valence-corrected chi connectivity index (χ3v) is 7.45. The van der Waals surface area contributed by atoms with Crippen LogP contribution in [0.1, 0.15) is 48.8 Å². The Labute approximate surface area is 204 Å². The standard InChI is InChI=1S/C26H30N4O3S/c1-32-23-12-10-19(15-24(23)33-2)25(27-20-7-3-4-8-20)30-13-5-6-18-14-17(9-11-22(18)30)21-16-34-26(31)29-28-21/h9-12,14-15,20H,3-8,13,16H2,1-2H3,(H,29,31). The van der Waals surface area contributed by atoms with Gasteiger partial charge < -0.3 is 14.4 Å². The molecule has 178 valence electrons. The van der Waals surface area contributed by atoms with Crippen LogP contribution in [0.5, 0.6) is 11.5 Å². The van der Waals surface area contributed by atoms with E-state index in [1.807, 2.05) is 12.1 Å². The van der Waals surface area contributed by atoms with E-state index < -0.39 is 0 Å². The molecule has 0 bridgehead atoms. The summed E-state index contributed by atoms with van der Waals surface area (Å²) < 4.78 is 11.1. The predicted octanol–water partition coefficient (Wildman–Crippen LogP) is 5.01. The molecule has 34 heavy (non-hydrogen) atoms. The zero-order valence-corrected chi connectivity index (χ0v) is 20.5. The molecule has 0 aromatic heterocycles. The first-order valence-electron chi connectivity index (χ1n) is 11.9. The number of hydrogen-bond donors (Lipinski definition) is 1. The van der Waals surface area contributed by atoms with Crippen molar-refractivity contribution in [2.75, 3.05) is 31.4 Å². The van der Waals surface area contributed by atoms with Crippen LogP contribution in [0.2, 0.25) is 0 Å². The largest absolute Gasteiger partial charge is 0.493 e. The smallest absolute Gasteiger partial charge is 0.299 e. The van der Waals surface area contributed by atoms with Crippen LogP contribution in [-0.4, -0.2) is 49.3 Å². The van der Waals surface area contributed by atoms with Crippen LogP contribution in [0.4, 0.5) is 10.5 Å². The zero-order chi connectivity index (χ0) is 23.5. The van der Waals surface area contributed by atoms with E-state index in [1.165, 1.54) is 35.9 Å². The van der Waals surface area contributed by atoms with Gasteiger partial charge in [0.25, 0.3) is 5.24 Å². The van der Waals surface area contributed by atoms with Crippen molar-refractivity contribution >= 4 is 34.2 Å². The lowest BCUT2D eigenvalue weighted by molar-refractivity contribution is 0.261. The summed E-state index contributed by atoms with van der Waals surface area (Å²) in [6, 6.07) is 12.9. The molecule has 2 aromatic rings. The minimum atomic E-state index is -0.101. The van der Waals surface area contributed by atoms with Crippen molar-refractivity contribution in [1.29, 1.82) is 0 Å². The Kier molecular flexibility index (Phi) is 6.76. The maximum atomic E-state index is 11.5. The molecule has 1 saturated carbocycles. The number of carbonyl (C=O) groups is 1. The van der Waals surface area contributed by atoms with Gasteiger partial charge in [-0.25, -0.2) is 5.43 Å². The van der Waals surface area contributed by atoms with Gasteiger partial charge in [-0.05, 0) is 67.1 Å². The van der Waals surface area contributed by atoms with Crippen molar-refractivity contribution in [3.63, 3.8) is 0 Å². The van der Waals surface area contributed by atoms with E-state index in [0.717, 1.165) is 54.9 Å². The molecule has 0 unspecified atom stereocenters. The van der Waals surface area contributed by atoms with E-state index in [2.05, 4.69) is 39.7 Å². The molecule has 5 rings (SSSR count). The fourth-order valence-electron chi connectivity index (χ4n) is 4.94. The normalized spacial score (nSPS) is 18.9. The maximum Gasteiger partial charge on any atom is 0.299 e. The number of ether oxygens (including phenoxy) is 2. The number of fused-ring (bicyclic) bond motifs is 1. The number of methoxy groups -OCH3 is 2. The highest BCUT2D eigenvalue weighted by Gasteiger charge is 2.26. The van der Waals surface area contributed by atoms with Crippen LogP contribution in [0.15, 0.2) is 46.5 Å². The van der Waals surface area contributed by atoms with Gasteiger partial charge in [0.05, 0.1) is 26.0 Å². The summed E-state index contributed by atoms with van der Waals surface area (Å²) >= 11 is 1.25. The molecular weight excluding hydrogens is 448 g/mol. The molecule has 1 fully saturated rings. The van der Waals surface area contributed by atoms with Crippen LogP contribution >= 0.6 is 11.8 Å². The van der Waals surface area contributed by atoms with Crippen LogP contribution in [0, 0.1) is 0 Å². The third-order valence-electron chi connectivity index (χ3n) is 6.68. The van der Waals surface area contributed by atoms with E-state index in [-0.39, 0.29) is 5.24 Å². The lowest BCUT2D eigenvalue weighted by Gasteiger charge is -2.33. The molecule has 0 atom stereocenters. The number of rotatable bonds is 5. The highest BCUT2D eigenvalue weighted by Crippen LogP contribution is 2.34. The molecule has 2 heterocycles. The van der Waals surface area contributed by atoms with Crippen molar-refractivity contribution in [3.8, 4) is 11.5 Å². The number of aliphatic imine (C=N–C) groups is 1. The summed E-state index contributed by atoms with van der Waals surface area (Å²) in [5, 5.41) is 4.17. The Bertz CT molecular complexity index is 1140. The van der Waals surface area contributed by atoms with Crippen LogP contribution in [-0.2, 0) is 6.42 Å². The molecule has 1 amide bonds. The molecule has 2 aliphatic heterocycles. The number of nitrogens with one attached hydrogen (secondary N) is 1. The minimum Gasteiger partial charge on any atom is -0.493 e. The zero-order valence-electron chi connectivity index (χ0n) is 19.7.